The average Bonchev–Trinajstić information content (AvgIpc) is 3.04. The molecule has 0 spiro atoms. The number of carbonyl (C=O) groups excluding carboxylic acids is 1. The third-order valence-corrected chi connectivity index (χ3v) is 5.27. The van der Waals surface area contributed by atoms with Crippen molar-refractivity contribution >= 4 is 29.1 Å². The molecule has 0 unspecified atom stereocenters. The fourth-order valence-corrected chi connectivity index (χ4v) is 3.96. The zero-order chi connectivity index (χ0) is 15.5. The quantitative estimate of drug-likeness (QED) is 0.834. The van der Waals surface area contributed by atoms with Gasteiger partial charge in [-0.15, -0.1) is 0 Å². The van der Waals surface area contributed by atoms with E-state index in [1.54, 1.807) is 6.07 Å². The van der Waals surface area contributed by atoms with Crippen molar-refractivity contribution in [3.8, 4) is 0 Å². The summed E-state index contributed by atoms with van der Waals surface area (Å²) >= 11 is 12.2. The molecule has 2 fully saturated rings. The number of amides is 1. The second kappa shape index (κ2) is 7.20. The van der Waals surface area contributed by atoms with Gasteiger partial charge in [0.2, 0.25) is 5.91 Å². The number of carbonyl (C=O) groups is 1. The first kappa shape index (κ1) is 16.1. The molecule has 0 bridgehead atoms. The van der Waals surface area contributed by atoms with Crippen molar-refractivity contribution in [3.63, 3.8) is 0 Å². The molecule has 120 valence electrons. The minimum Gasteiger partial charge on any atom is -0.342 e. The number of hydrogen-bond acceptors (Lipinski definition) is 2. The molecule has 3 nitrogen and oxygen atoms in total. The van der Waals surface area contributed by atoms with Crippen molar-refractivity contribution in [1.82, 2.24) is 9.80 Å². The molecule has 1 amide bonds. The van der Waals surface area contributed by atoms with Crippen molar-refractivity contribution in [2.75, 3.05) is 26.2 Å². The van der Waals surface area contributed by atoms with E-state index in [0.29, 0.717) is 16.0 Å². The van der Waals surface area contributed by atoms with E-state index in [0.717, 1.165) is 64.0 Å². The monoisotopic (exact) mass is 340 g/mol. The van der Waals surface area contributed by atoms with Crippen molar-refractivity contribution in [3.05, 3.63) is 33.8 Å². The fraction of sp³-hybridized carbons (Fsp3) is 0.588. The molecule has 0 aliphatic carbocycles. The van der Waals surface area contributed by atoms with Crippen LogP contribution in [0.15, 0.2) is 18.2 Å². The van der Waals surface area contributed by atoms with Crippen LogP contribution in [0.4, 0.5) is 0 Å². The third kappa shape index (κ3) is 3.76. The SMILES string of the molecule is O=C([C@H]1CCCN(Cc2ccc(Cl)cc2Cl)C1)N1CCCC1. The van der Waals surface area contributed by atoms with Crippen LogP contribution in [0.3, 0.4) is 0 Å². The minimum absolute atomic E-state index is 0.151. The van der Waals surface area contributed by atoms with Crippen LogP contribution >= 0.6 is 23.2 Å². The molecular weight excluding hydrogens is 319 g/mol. The van der Waals surface area contributed by atoms with Gasteiger partial charge in [-0.2, -0.15) is 0 Å². The summed E-state index contributed by atoms with van der Waals surface area (Å²) in [5, 5.41) is 1.37. The predicted molar refractivity (Wildman–Crippen MR) is 90.3 cm³/mol. The number of nitrogens with zero attached hydrogens (tertiary/aromatic N) is 2. The van der Waals surface area contributed by atoms with Gasteiger partial charge in [0.15, 0.2) is 0 Å². The van der Waals surface area contributed by atoms with E-state index in [-0.39, 0.29) is 5.92 Å². The molecule has 2 saturated heterocycles. The largest absolute Gasteiger partial charge is 0.342 e. The summed E-state index contributed by atoms with van der Waals surface area (Å²) in [7, 11) is 0. The Balaban J connectivity index is 1.61. The first-order chi connectivity index (χ1) is 10.6. The zero-order valence-electron chi connectivity index (χ0n) is 12.7. The second-order valence-corrected chi connectivity index (χ2v) is 7.19. The van der Waals surface area contributed by atoms with Crippen LogP contribution in [-0.4, -0.2) is 41.9 Å². The molecule has 1 atom stereocenters. The van der Waals surface area contributed by atoms with Gasteiger partial charge in [0.25, 0.3) is 0 Å². The lowest BCUT2D eigenvalue weighted by Crippen LogP contribution is -2.43. The van der Waals surface area contributed by atoms with Gasteiger partial charge in [0.1, 0.15) is 0 Å². The van der Waals surface area contributed by atoms with Gasteiger partial charge in [0, 0.05) is 36.2 Å². The molecule has 0 aromatic heterocycles. The van der Waals surface area contributed by atoms with E-state index in [1.165, 1.54) is 0 Å². The highest BCUT2D eigenvalue weighted by Gasteiger charge is 2.30. The van der Waals surface area contributed by atoms with E-state index in [1.807, 2.05) is 17.0 Å². The van der Waals surface area contributed by atoms with E-state index >= 15 is 0 Å². The van der Waals surface area contributed by atoms with Gasteiger partial charge in [-0.1, -0.05) is 29.3 Å². The molecule has 1 aromatic rings. The fourth-order valence-electron chi connectivity index (χ4n) is 3.49. The Hall–Kier alpha value is -0.770. The highest BCUT2D eigenvalue weighted by atomic mass is 35.5. The summed E-state index contributed by atoms with van der Waals surface area (Å²) in [6.45, 7) is 4.55. The van der Waals surface area contributed by atoms with Crippen LogP contribution in [0.5, 0.6) is 0 Å². The highest BCUT2D eigenvalue weighted by Crippen LogP contribution is 2.26. The number of rotatable bonds is 3. The van der Waals surface area contributed by atoms with Crippen molar-refractivity contribution < 1.29 is 4.79 Å². The molecular formula is C17H22Cl2N2O. The first-order valence-electron chi connectivity index (χ1n) is 8.08. The predicted octanol–water partition coefficient (Wildman–Crippen LogP) is 3.83. The maximum Gasteiger partial charge on any atom is 0.226 e. The van der Waals surface area contributed by atoms with Crippen molar-refractivity contribution in [2.45, 2.75) is 32.2 Å². The Kier molecular flexibility index (Phi) is 5.27. The molecule has 0 radical (unpaired) electrons. The molecule has 2 aliphatic rings. The summed E-state index contributed by atoms with van der Waals surface area (Å²) in [6.07, 6.45) is 4.40. The van der Waals surface area contributed by atoms with Crippen molar-refractivity contribution in [1.29, 1.82) is 0 Å². The molecule has 2 aliphatic heterocycles. The average molecular weight is 341 g/mol. The molecule has 3 rings (SSSR count). The summed E-state index contributed by atoms with van der Waals surface area (Å²) in [6, 6.07) is 5.64. The number of hydrogen-bond donors (Lipinski definition) is 0. The van der Waals surface area contributed by atoms with Crippen LogP contribution < -0.4 is 0 Å². The van der Waals surface area contributed by atoms with Crippen LogP contribution in [0, 0.1) is 5.92 Å². The second-order valence-electron chi connectivity index (χ2n) is 6.34. The van der Waals surface area contributed by atoms with E-state index in [9.17, 15) is 4.79 Å². The molecule has 0 saturated carbocycles. The van der Waals surface area contributed by atoms with E-state index < -0.39 is 0 Å². The minimum atomic E-state index is 0.151. The summed E-state index contributed by atoms with van der Waals surface area (Å²) in [5.74, 6) is 0.502. The molecule has 5 heteroatoms. The lowest BCUT2D eigenvalue weighted by atomic mass is 9.96. The Morgan fingerprint density at radius 3 is 2.64 bits per heavy atom. The maximum absolute atomic E-state index is 12.6. The molecule has 2 heterocycles. The highest BCUT2D eigenvalue weighted by molar-refractivity contribution is 6.35. The topological polar surface area (TPSA) is 23.6 Å². The number of benzene rings is 1. The Bertz CT molecular complexity index is 543. The normalized spacial score (nSPS) is 23.0. The van der Waals surface area contributed by atoms with Crippen LogP contribution in [0.25, 0.3) is 0 Å². The number of likely N-dealkylation sites (tertiary alicyclic amines) is 2. The standard InChI is InChI=1S/C17H22Cl2N2O/c18-15-6-5-13(16(19)10-15)11-20-7-3-4-14(12-20)17(22)21-8-1-2-9-21/h5-6,10,14H,1-4,7-9,11-12H2/t14-/m0/s1. The van der Waals surface area contributed by atoms with Gasteiger partial charge in [0.05, 0.1) is 5.92 Å². The number of piperidine rings is 1. The first-order valence-corrected chi connectivity index (χ1v) is 8.84. The van der Waals surface area contributed by atoms with Crippen LogP contribution in [0.1, 0.15) is 31.2 Å². The molecule has 1 aromatic carbocycles. The van der Waals surface area contributed by atoms with Crippen LogP contribution in [-0.2, 0) is 11.3 Å². The van der Waals surface area contributed by atoms with Gasteiger partial charge >= 0.3 is 0 Å². The van der Waals surface area contributed by atoms with E-state index in [4.69, 9.17) is 23.2 Å². The number of halogens is 2. The van der Waals surface area contributed by atoms with Gasteiger partial charge in [-0.25, -0.2) is 0 Å². The van der Waals surface area contributed by atoms with E-state index in [2.05, 4.69) is 4.90 Å². The van der Waals surface area contributed by atoms with Gasteiger partial charge in [-0.3, -0.25) is 9.69 Å². The summed E-state index contributed by atoms with van der Waals surface area (Å²) in [5.41, 5.74) is 1.08. The third-order valence-electron chi connectivity index (χ3n) is 4.68. The Labute approximate surface area is 142 Å². The van der Waals surface area contributed by atoms with Gasteiger partial charge in [-0.05, 0) is 49.9 Å². The van der Waals surface area contributed by atoms with Gasteiger partial charge < -0.3 is 4.90 Å². The molecule has 22 heavy (non-hydrogen) atoms. The maximum atomic E-state index is 12.6. The lowest BCUT2D eigenvalue weighted by Gasteiger charge is -2.34. The van der Waals surface area contributed by atoms with Crippen LogP contribution in [0.2, 0.25) is 10.0 Å². The zero-order valence-corrected chi connectivity index (χ0v) is 14.2. The summed E-state index contributed by atoms with van der Waals surface area (Å²) in [4.78, 5) is 17.0. The molecule has 0 N–H and O–H groups in total. The Morgan fingerprint density at radius 1 is 1.14 bits per heavy atom. The Morgan fingerprint density at radius 2 is 1.91 bits per heavy atom. The lowest BCUT2D eigenvalue weighted by molar-refractivity contribution is -0.136. The smallest absolute Gasteiger partial charge is 0.226 e. The summed E-state index contributed by atoms with van der Waals surface area (Å²) < 4.78 is 0. The van der Waals surface area contributed by atoms with Crippen molar-refractivity contribution in [2.24, 2.45) is 5.92 Å².